The summed E-state index contributed by atoms with van der Waals surface area (Å²) in [5.41, 5.74) is -0.0166. The average Bonchev–Trinajstić information content (AvgIpc) is 3.32. The minimum atomic E-state index is -1.26. The molecule has 0 radical (unpaired) electrons. The van der Waals surface area contributed by atoms with Crippen molar-refractivity contribution in [2.24, 2.45) is 0 Å². The van der Waals surface area contributed by atoms with Gasteiger partial charge in [0.05, 0.1) is 17.7 Å². The zero-order chi connectivity index (χ0) is 21.3. The van der Waals surface area contributed by atoms with E-state index >= 15 is 0 Å². The molecule has 1 saturated heterocycles. The highest BCUT2D eigenvalue weighted by atomic mass is 16.5. The number of rotatable bonds is 5. The predicted molar refractivity (Wildman–Crippen MR) is 108 cm³/mol. The van der Waals surface area contributed by atoms with E-state index in [4.69, 9.17) is 4.74 Å². The molecule has 7 nitrogen and oxygen atoms in total. The fourth-order valence-corrected chi connectivity index (χ4v) is 4.35. The van der Waals surface area contributed by atoms with E-state index < -0.39 is 35.8 Å². The van der Waals surface area contributed by atoms with Crippen LogP contribution in [0.4, 0.5) is 0 Å². The Hall–Kier alpha value is -3.48. The molecular formula is C23H22N2O5. The van der Waals surface area contributed by atoms with Crippen LogP contribution in [0.5, 0.6) is 0 Å². The van der Waals surface area contributed by atoms with E-state index in [9.17, 15) is 19.2 Å². The Bertz CT molecular complexity index is 984. The van der Waals surface area contributed by atoms with Crippen molar-refractivity contribution < 1.29 is 23.9 Å². The normalized spacial score (nSPS) is 20.4. The van der Waals surface area contributed by atoms with Gasteiger partial charge in [-0.05, 0) is 37.5 Å². The van der Waals surface area contributed by atoms with E-state index in [0.717, 1.165) is 4.90 Å². The summed E-state index contributed by atoms with van der Waals surface area (Å²) in [5, 5.41) is 0. The lowest BCUT2D eigenvalue weighted by atomic mass is 9.87. The van der Waals surface area contributed by atoms with Gasteiger partial charge in [-0.3, -0.25) is 19.3 Å². The minimum absolute atomic E-state index is 0.188. The number of imide groups is 1. The zero-order valence-corrected chi connectivity index (χ0v) is 16.7. The van der Waals surface area contributed by atoms with E-state index in [1.54, 1.807) is 55.5 Å². The van der Waals surface area contributed by atoms with Crippen molar-refractivity contribution in [1.29, 1.82) is 0 Å². The first kappa shape index (κ1) is 19.8. The van der Waals surface area contributed by atoms with Crippen LogP contribution in [0.2, 0.25) is 0 Å². The Kier molecular flexibility index (Phi) is 5.11. The highest BCUT2D eigenvalue weighted by Crippen LogP contribution is 2.40. The number of hydrogen-bond donors (Lipinski definition) is 0. The van der Waals surface area contributed by atoms with Crippen molar-refractivity contribution in [3.05, 3.63) is 71.3 Å². The Morgan fingerprint density at radius 2 is 1.57 bits per heavy atom. The van der Waals surface area contributed by atoms with Crippen molar-refractivity contribution in [1.82, 2.24) is 9.80 Å². The summed E-state index contributed by atoms with van der Waals surface area (Å²) in [5.74, 6) is -1.95. The van der Waals surface area contributed by atoms with Crippen molar-refractivity contribution in [3.63, 3.8) is 0 Å². The molecule has 0 saturated carbocycles. The first-order chi connectivity index (χ1) is 14.5. The maximum atomic E-state index is 13.3. The Balaban J connectivity index is 1.65. The molecule has 2 aromatic rings. The second-order valence-electron chi connectivity index (χ2n) is 7.34. The molecule has 154 valence electrons. The molecule has 1 fully saturated rings. The molecule has 0 aliphatic carbocycles. The Morgan fingerprint density at radius 3 is 2.17 bits per heavy atom. The molecule has 3 amide bonds. The molecule has 2 aliphatic heterocycles. The molecule has 0 N–H and O–H groups in total. The van der Waals surface area contributed by atoms with Gasteiger partial charge in [0.2, 0.25) is 5.91 Å². The van der Waals surface area contributed by atoms with Gasteiger partial charge in [0.25, 0.3) is 11.8 Å². The number of likely N-dealkylation sites (tertiary alicyclic amines) is 1. The van der Waals surface area contributed by atoms with Crippen molar-refractivity contribution in [3.8, 4) is 0 Å². The van der Waals surface area contributed by atoms with Crippen LogP contribution in [-0.4, -0.2) is 53.2 Å². The maximum absolute atomic E-state index is 13.3. The number of nitrogens with zero attached hydrogens (tertiary/aromatic N) is 2. The summed E-state index contributed by atoms with van der Waals surface area (Å²) in [4.78, 5) is 54.1. The number of hydrogen-bond acceptors (Lipinski definition) is 5. The molecule has 30 heavy (non-hydrogen) atoms. The van der Waals surface area contributed by atoms with Gasteiger partial charge >= 0.3 is 5.97 Å². The number of fused-ring (bicyclic) bond motifs is 1. The first-order valence-electron chi connectivity index (χ1n) is 9.99. The standard InChI is InChI=1S/C23H22N2O5/c1-2-30-22(29)23(16-9-4-3-5-10-16)13-8-14-25(23)19(26)15-24-20(27)17-11-6-7-12-18(17)21(24)28/h3-7,9-12H,2,8,13-15H2,1H3/t23-/m1/s1. The van der Waals surface area contributed by atoms with Gasteiger partial charge in [0.1, 0.15) is 6.54 Å². The topological polar surface area (TPSA) is 84.0 Å². The van der Waals surface area contributed by atoms with Gasteiger partial charge in [0.15, 0.2) is 5.54 Å². The van der Waals surface area contributed by atoms with Crippen LogP contribution in [0.1, 0.15) is 46.0 Å². The quantitative estimate of drug-likeness (QED) is 0.562. The summed E-state index contributed by atoms with van der Waals surface area (Å²) in [6.45, 7) is 1.83. The lowest BCUT2D eigenvalue weighted by molar-refractivity contribution is -0.162. The van der Waals surface area contributed by atoms with Crippen LogP contribution in [0.25, 0.3) is 0 Å². The van der Waals surface area contributed by atoms with Gasteiger partial charge in [-0.1, -0.05) is 42.5 Å². The fraction of sp³-hybridized carbons (Fsp3) is 0.304. The smallest absolute Gasteiger partial charge is 0.336 e. The number of carbonyl (C=O) groups excluding carboxylic acids is 4. The molecule has 0 aromatic heterocycles. The second kappa shape index (κ2) is 7.74. The molecule has 0 spiro atoms. The largest absolute Gasteiger partial charge is 0.464 e. The summed E-state index contributed by atoms with van der Waals surface area (Å²) >= 11 is 0. The van der Waals surface area contributed by atoms with Crippen LogP contribution < -0.4 is 0 Å². The number of ether oxygens (including phenoxy) is 1. The van der Waals surface area contributed by atoms with Crippen molar-refractivity contribution in [2.75, 3.05) is 19.7 Å². The van der Waals surface area contributed by atoms with Crippen LogP contribution in [0, 0.1) is 0 Å². The Labute approximate surface area is 174 Å². The van der Waals surface area contributed by atoms with Gasteiger partial charge in [-0.25, -0.2) is 4.79 Å². The minimum Gasteiger partial charge on any atom is -0.464 e. The predicted octanol–water partition coefficient (Wildman–Crippen LogP) is 2.36. The molecule has 0 unspecified atom stereocenters. The lowest BCUT2D eigenvalue weighted by Gasteiger charge is -2.37. The first-order valence-corrected chi connectivity index (χ1v) is 9.99. The van der Waals surface area contributed by atoms with Gasteiger partial charge in [-0.15, -0.1) is 0 Å². The van der Waals surface area contributed by atoms with Crippen LogP contribution in [0.15, 0.2) is 54.6 Å². The number of amides is 3. The highest BCUT2D eigenvalue weighted by Gasteiger charge is 2.53. The molecule has 4 rings (SSSR count). The van der Waals surface area contributed by atoms with Crippen molar-refractivity contribution >= 4 is 23.7 Å². The number of carbonyl (C=O) groups is 4. The summed E-state index contributed by atoms with van der Waals surface area (Å²) in [7, 11) is 0. The number of benzene rings is 2. The van der Waals surface area contributed by atoms with E-state index in [1.807, 2.05) is 6.07 Å². The van der Waals surface area contributed by atoms with Gasteiger partial charge < -0.3 is 9.64 Å². The van der Waals surface area contributed by atoms with Crippen LogP contribution in [0.3, 0.4) is 0 Å². The second-order valence-corrected chi connectivity index (χ2v) is 7.34. The SMILES string of the molecule is CCOC(=O)[C@]1(c2ccccc2)CCCN1C(=O)CN1C(=O)c2ccccc2C1=O. The molecule has 2 aliphatic rings. The summed E-state index contributed by atoms with van der Waals surface area (Å²) in [6, 6.07) is 15.5. The fourth-order valence-electron chi connectivity index (χ4n) is 4.35. The third kappa shape index (κ3) is 2.98. The van der Waals surface area contributed by atoms with Gasteiger partial charge in [-0.2, -0.15) is 0 Å². The summed E-state index contributed by atoms with van der Waals surface area (Å²) < 4.78 is 5.35. The third-order valence-electron chi connectivity index (χ3n) is 5.72. The molecule has 0 bridgehead atoms. The molecule has 2 aromatic carbocycles. The zero-order valence-electron chi connectivity index (χ0n) is 16.7. The van der Waals surface area contributed by atoms with E-state index in [2.05, 4.69) is 0 Å². The number of esters is 1. The average molecular weight is 406 g/mol. The molecule has 7 heteroatoms. The third-order valence-corrected chi connectivity index (χ3v) is 5.72. The van der Waals surface area contributed by atoms with Crippen molar-refractivity contribution in [2.45, 2.75) is 25.3 Å². The van der Waals surface area contributed by atoms with Gasteiger partial charge in [0, 0.05) is 6.54 Å². The monoisotopic (exact) mass is 406 g/mol. The molecule has 2 heterocycles. The highest BCUT2D eigenvalue weighted by molar-refractivity contribution is 6.22. The lowest BCUT2D eigenvalue weighted by Crippen LogP contribution is -2.54. The Morgan fingerprint density at radius 1 is 0.967 bits per heavy atom. The van der Waals surface area contributed by atoms with Crippen LogP contribution >= 0.6 is 0 Å². The molecule has 1 atom stereocenters. The summed E-state index contributed by atoms with van der Waals surface area (Å²) in [6.07, 6.45) is 1.03. The maximum Gasteiger partial charge on any atom is 0.336 e. The van der Waals surface area contributed by atoms with Crippen LogP contribution in [-0.2, 0) is 19.9 Å². The molecular weight excluding hydrogens is 384 g/mol. The van der Waals surface area contributed by atoms with E-state index in [-0.39, 0.29) is 17.7 Å². The van der Waals surface area contributed by atoms with E-state index in [1.165, 1.54) is 4.90 Å². The van der Waals surface area contributed by atoms with E-state index in [0.29, 0.717) is 24.9 Å².